The molecular weight excluding hydrogens is 370 g/mol. The highest BCUT2D eigenvalue weighted by molar-refractivity contribution is 7.89. The van der Waals surface area contributed by atoms with Crippen LogP contribution in [-0.2, 0) is 16.6 Å². The molecular formula is C19H23NO6S. The molecule has 1 N–H and O–H groups in total. The second kappa shape index (κ2) is 8.06. The van der Waals surface area contributed by atoms with Gasteiger partial charge in [-0.2, -0.15) is 0 Å². The quantitative estimate of drug-likeness (QED) is 0.779. The number of sulfonamides is 1. The number of methoxy groups -OCH3 is 1. The number of hydrogen-bond donors (Lipinski definition) is 1. The molecule has 8 heteroatoms. The zero-order valence-electron chi connectivity index (χ0n) is 15.5. The lowest BCUT2D eigenvalue weighted by Gasteiger charge is -2.19. The highest BCUT2D eigenvalue weighted by Gasteiger charge is 2.19. The molecule has 0 fully saturated rings. The van der Waals surface area contributed by atoms with E-state index in [0.29, 0.717) is 36.2 Å². The predicted octanol–water partition coefficient (Wildman–Crippen LogP) is 2.73. The largest absolute Gasteiger partial charge is 0.493 e. The molecule has 0 spiro atoms. The van der Waals surface area contributed by atoms with Crippen molar-refractivity contribution in [3.63, 3.8) is 0 Å². The van der Waals surface area contributed by atoms with E-state index in [4.69, 9.17) is 18.9 Å². The van der Waals surface area contributed by atoms with Crippen LogP contribution in [0.4, 0.5) is 0 Å². The molecule has 0 saturated heterocycles. The maximum atomic E-state index is 12.6. The van der Waals surface area contributed by atoms with Gasteiger partial charge in [-0.05, 0) is 43.7 Å². The maximum absolute atomic E-state index is 12.6. The summed E-state index contributed by atoms with van der Waals surface area (Å²) in [5.41, 5.74) is 0.754. The van der Waals surface area contributed by atoms with Crippen molar-refractivity contribution < 1.29 is 27.4 Å². The number of hydrogen-bond acceptors (Lipinski definition) is 6. The van der Waals surface area contributed by atoms with Crippen LogP contribution in [-0.4, -0.2) is 34.8 Å². The lowest BCUT2D eigenvalue weighted by atomic mass is 10.2. The van der Waals surface area contributed by atoms with E-state index in [1.54, 1.807) is 31.4 Å². The van der Waals surface area contributed by atoms with Gasteiger partial charge >= 0.3 is 0 Å². The highest BCUT2D eigenvalue weighted by Crippen LogP contribution is 2.32. The molecule has 1 aliphatic heterocycles. The summed E-state index contributed by atoms with van der Waals surface area (Å²) >= 11 is 0. The highest BCUT2D eigenvalue weighted by atomic mass is 32.2. The Morgan fingerprint density at radius 1 is 1.04 bits per heavy atom. The molecule has 0 atom stereocenters. The topological polar surface area (TPSA) is 83.1 Å². The Morgan fingerprint density at radius 2 is 1.78 bits per heavy atom. The van der Waals surface area contributed by atoms with Gasteiger partial charge in [-0.15, -0.1) is 0 Å². The molecule has 27 heavy (non-hydrogen) atoms. The van der Waals surface area contributed by atoms with Crippen LogP contribution in [0.2, 0.25) is 0 Å². The molecule has 3 rings (SSSR count). The van der Waals surface area contributed by atoms with Crippen LogP contribution in [0.25, 0.3) is 0 Å². The van der Waals surface area contributed by atoms with E-state index in [-0.39, 0.29) is 17.5 Å². The second-order valence-electron chi connectivity index (χ2n) is 6.28. The van der Waals surface area contributed by atoms with Gasteiger partial charge in [0.15, 0.2) is 23.0 Å². The molecule has 1 heterocycles. The van der Waals surface area contributed by atoms with Crippen LogP contribution in [0.3, 0.4) is 0 Å². The number of fused-ring (bicyclic) bond motifs is 1. The molecule has 0 radical (unpaired) electrons. The molecule has 7 nitrogen and oxygen atoms in total. The first kappa shape index (κ1) is 19.3. The van der Waals surface area contributed by atoms with Crippen LogP contribution in [0.1, 0.15) is 19.4 Å². The standard InChI is InChI=1S/C19H23NO6S/c1-13(2)26-17-6-4-14(10-18(17)23-3)12-20-27(21,22)15-5-7-16-19(11-15)25-9-8-24-16/h4-7,10-11,13,20H,8-9,12H2,1-3H3. The van der Waals surface area contributed by atoms with Crippen LogP contribution >= 0.6 is 0 Å². The van der Waals surface area contributed by atoms with Gasteiger partial charge in [0.1, 0.15) is 13.2 Å². The third kappa shape index (κ3) is 4.64. The number of benzene rings is 2. The summed E-state index contributed by atoms with van der Waals surface area (Å²) in [6.07, 6.45) is 0.0125. The Morgan fingerprint density at radius 3 is 2.48 bits per heavy atom. The van der Waals surface area contributed by atoms with Gasteiger partial charge in [0.2, 0.25) is 10.0 Å². The summed E-state index contributed by atoms with van der Waals surface area (Å²) in [4.78, 5) is 0.124. The molecule has 146 valence electrons. The van der Waals surface area contributed by atoms with Crippen molar-refractivity contribution in [3.05, 3.63) is 42.0 Å². The molecule has 0 saturated carbocycles. The summed E-state index contributed by atoms with van der Waals surface area (Å²) in [7, 11) is -2.15. The number of rotatable bonds is 7. The van der Waals surface area contributed by atoms with E-state index in [9.17, 15) is 8.42 Å². The fraction of sp³-hybridized carbons (Fsp3) is 0.368. The zero-order chi connectivity index (χ0) is 19.4. The minimum Gasteiger partial charge on any atom is -0.493 e. The van der Waals surface area contributed by atoms with Crippen LogP contribution in [0.5, 0.6) is 23.0 Å². The Labute approximate surface area is 159 Å². The van der Waals surface area contributed by atoms with Crippen LogP contribution in [0.15, 0.2) is 41.3 Å². The van der Waals surface area contributed by atoms with Crippen molar-refractivity contribution in [1.29, 1.82) is 0 Å². The molecule has 2 aromatic carbocycles. The Hall–Kier alpha value is -2.45. The summed E-state index contributed by atoms with van der Waals surface area (Å²) in [6.45, 7) is 4.82. The van der Waals surface area contributed by atoms with Gasteiger partial charge in [0.05, 0.1) is 18.1 Å². The van der Waals surface area contributed by atoms with Gasteiger partial charge in [-0.1, -0.05) is 6.07 Å². The molecule has 0 aliphatic carbocycles. The van der Waals surface area contributed by atoms with E-state index in [1.807, 2.05) is 13.8 Å². The summed E-state index contributed by atoms with van der Waals surface area (Å²) in [5, 5.41) is 0. The summed E-state index contributed by atoms with van der Waals surface area (Å²) in [6, 6.07) is 9.89. The minimum atomic E-state index is -3.70. The van der Waals surface area contributed by atoms with Crippen molar-refractivity contribution in [1.82, 2.24) is 4.72 Å². The normalized spacial score (nSPS) is 13.5. The van der Waals surface area contributed by atoms with E-state index in [1.165, 1.54) is 12.1 Å². The average molecular weight is 393 g/mol. The molecule has 2 aromatic rings. The first-order chi connectivity index (χ1) is 12.9. The Balaban J connectivity index is 1.73. The zero-order valence-corrected chi connectivity index (χ0v) is 16.3. The molecule has 0 aromatic heterocycles. The Kier molecular flexibility index (Phi) is 5.76. The van der Waals surface area contributed by atoms with Crippen molar-refractivity contribution >= 4 is 10.0 Å². The smallest absolute Gasteiger partial charge is 0.241 e. The number of ether oxygens (including phenoxy) is 4. The lowest BCUT2D eigenvalue weighted by Crippen LogP contribution is -2.24. The summed E-state index contributed by atoms with van der Waals surface area (Å²) in [5.74, 6) is 2.15. The van der Waals surface area contributed by atoms with Gasteiger partial charge < -0.3 is 18.9 Å². The van der Waals surface area contributed by atoms with Crippen LogP contribution < -0.4 is 23.7 Å². The predicted molar refractivity (Wildman–Crippen MR) is 100 cm³/mol. The number of nitrogens with one attached hydrogen (secondary N) is 1. The van der Waals surface area contributed by atoms with Crippen molar-refractivity contribution in [2.24, 2.45) is 0 Å². The van der Waals surface area contributed by atoms with Crippen molar-refractivity contribution in [2.45, 2.75) is 31.4 Å². The molecule has 0 bridgehead atoms. The van der Waals surface area contributed by atoms with Crippen LogP contribution in [0, 0.1) is 0 Å². The first-order valence-electron chi connectivity index (χ1n) is 8.62. The van der Waals surface area contributed by atoms with E-state index in [0.717, 1.165) is 5.56 Å². The SMILES string of the molecule is COc1cc(CNS(=O)(=O)c2ccc3c(c2)OCCO3)ccc1OC(C)C. The fourth-order valence-electron chi connectivity index (χ4n) is 2.63. The van der Waals surface area contributed by atoms with Gasteiger partial charge in [0, 0.05) is 12.6 Å². The van der Waals surface area contributed by atoms with Gasteiger partial charge in [-0.25, -0.2) is 13.1 Å². The van der Waals surface area contributed by atoms with E-state index >= 15 is 0 Å². The summed E-state index contributed by atoms with van der Waals surface area (Å²) < 4.78 is 49.6. The molecule has 0 amide bonds. The third-order valence-corrected chi connectivity index (χ3v) is 5.28. The molecule has 1 aliphatic rings. The third-order valence-electron chi connectivity index (χ3n) is 3.88. The van der Waals surface area contributed by atoms with E-state index < -0.39 is 10.0 Å². The monoisotopic (exact) mass is 393 g/mol. The van der Waals surface area contributed by atoms with Gasteiger partial charge in [0.25, 0.3) is 0 Å². The van der Waals surface area contributed by atoms with Crippen molar-refractivity contribution in [2.75, 3.05) is 20.3 Å². The van der Waals surface area contributed by atoms with Gasteiger partial charge in [-0.3, -0.25) is 0 Å². The molecule has 0 unspecified atom stereocenters. The maximum Gasteiger partial charge on any atom is 0.241 e. The average Bonchev–Trinajstić information content (AvgIpc) is 2.66. The first-order valence-corrected chi connectivity index (χ1v) is 10.1. The fourth-order valence-corrected chi connectivity index (χ4v) is 3.66. The Bertz CT molecular complexity index is 910. The second-order valence-corrected chi connectivity index (χ2v) is 8.05. The van der Waals surface area contributed by atoms with Crippen molar-refractivity contribution in [3.8, 4) is 23.0 Å². The lowest BCUT2D eigenvalue weighted by molar-refractivity contribution is 0.171. The minimum absolute atomic E-state index is 0.0125. The van der Waals surface area contributed by atoms with E-state index in [2.05, 4.69) is 4.72 Å².